The molecule has 0 saturated heterocycles. The van der Waals surface area contributed by atoms with E-state index in [2.05, 4.69) is 41.7 Å². The molecule has 0 saturated carbocycles. The van der Waals surface area contributed by atoms with E-state index in [1.165, 1.54) is 10.8 Å². The molecule has 5 nitrogen and oxygen atoms in total. The Morgan fingerprint density at radius 2 is 1.70 bits per heavy atom. The molecular formula is C32H29NO4. The molecule has 0 spiro atoms. The molecule has 0 bridgehead atoms. The Morgan fingerprint density at radius 3 is 2.49 bits per heavy atom. The molecular weight excluding hydrogens is 462 g/mol. The predicted molar refractivity (Wildman–Crippen MR) is 149 cm³/mol. The highest BCUT2D eigenvalue weighted by atomic mass is 16.5. The first kappa shape index (κ1) is 24.2. The van der Waals surface area contributed by atoms with Crippen molar-refractivity contribution in [3.05, 3.63) is 102 Å². The lowest BCUT2D eigenvalue weighted by Gasteiger charge is -2.14. The fourth-order valence-corrected chi connectivity index (χ4v) is 4.81. The second-order valence-corrected chi connectivity index (χ2v) is 9.03. The maximum Gasteiger partial charge on any atom is 0.244 e. The molecule has 186 valence electrons. The number of carbonyl (C=O) groups excluding carboxylic acids is 1. The standard InChI is InChI=1S/C32H29NO4/c1-20(15-30(34)33-18-25-11-7-8-12-29(25)35-3)26-17-27-28(19-37-32(27)21(2)31(26)36-4)24-14-13-22-9-5-6-10-23(22)16-24/h5-17,19H,18H2,1-4H3,(H,33,34)/b20-15+. The average molecular weight is 492 g/mol. The molecule has 0 radical (unpaired) electrons. The Labute approximate surface area is 216 Å². The van der Waals surface area contributed by atoms with E-state index in [4.69, 9.17) is 13.9 Å². The van der Waals surface area contributed by atoms with E-state index in [9.17, 15) is 4.79 Å². The Bertz CT molecular complexity index is 1640. The van der Waals surface area contributed by atoms with Gasteiger partial charge in [0.05, 0.1) is 20.5 Å². The van der Waals surface area contributed by atoms with Crippen molar-refractivity contribution in [2.24, 2.45) is 0 Å². The minimum atomic E-state index is -0.190. The zero-order valence-electron chi connectivity index (χ0n) is 21.4. The molecule has 37 heavy (non-hydrogen) atoms. The van der Waals surface area contributed by atoms with E-state index in [0.29, 0.717) is 12.3 Å². The van der Waals surface area contributed by atoms with Crippen LogP contribution in [-0.4, -0.2) is 20.1 Å². The SMILES string of the molecule is COc1ccccc1CNC(=O)/C=C(\C)c1cc2c(-c3ccc4ccccc4c3)coc2c(C)c1OC. The summed E-state index contributed by atoms with van der Waals surface area (Å²) in [5, 5.41) is 6.30. The van der Waals surface area contributed by atoms with Crippen molar-refractivity contribution in [1.29, 1.82) is 0 Å². The summed E-state index contributed by atoms with van der Waals surface area (Å²) < 4.78 is 17.2. The van der Waals surface area contributed by atoms with Crippen molar-refractivity contribution in [2.45, 2.75) is 20.4 Å². The molecule has 0 aliphatic carbocycles. The Hall–Kier alpha value is -4.51. The molecule has 0 atom stereocenters. The van der Waals surface area contributed by atoms with E-state index in [-0.39, 0.29) is 5.91 Å². The largest absolute Gasteiger partial charge is 0.496 e. The third kappa shape index (κ3) is 4.68. The van der Waals surface area contributed by atoms with Crippen LogP contribution in [0.5, 0.6) is 11.5 Å². The number of aryl methyl sites for hydroxylation is 1. The van der Waals surface area contributed by atoms with Gasteiger partial charge in [0.15, 0.2) is 0 Å². The number of para-hydroxylation sites is 1. The third-order valence-corrected chi connectivity index (χ3v) is 6.73. The van der Waals surface area contributed by atoms with Crippen LogP contribution in [-0.2, 0) is 11.3 Å². The van der Waals surface area contributed by atoms with Gasteiger partial charge in [0.1, 0.15) is 17.1 Å². The van der Waals surface area contributed by atoms with Crippen LogP contribution in [0, 0.1) is 6.92 Å². The number of rotatable bonds is 7. The first-order valence-corrected chi connectivity index (χ1v) is 12.2. The number of fused-ring (bicyclic) bond motifs is 2. The van der Waals surface area contributed by atoms with Crippen LogP contribution in [0.4, 0.5) is 0 Å². The van der Waals surface area contributed by atoms with Gasteiger partial charge in [-0.05, 0) is 54.0 Å². The minimum absolute atomic E-state index is 0.190. The van der Waals surface area contributed by atoms with Gasteiger partial charge in [-0.3, -0.25) is 4.79 Å². The zero-order chi connectivity index (χ0) is 25.9. The molecule has 1 heterocycles. The highest BCUT2D eigenvalue weighted by Gasteiger charge is 2.19. The van der Waals surface area contributed by atoms with E-state index in [0.717, 1.165) is 50.1 Å². The lowest BCUT2D eigenvalue weighted by atomic mass is 9.95. The second-order valence-electron chi connectivity index (χ2n) is 9.03. The predicted octanol–water partition coefficient (Wildman–Crippen LogP) is 7.30. The topological polar surface area (TPSA) is 60.7 Å². The smallest absolute Gasteiger partial charge is 0.244 e. The van der Waals surface area contributed by atoms with Gasteiger partial charge in [-0.25, -0.2) is 0 Å². The molecule has 4 aromatic carbocycles. The molecule has 0 aliphatic rings. The summed E-state index contributed by atoms with van der Waals surface area (Å²) in [5.74, 6) is 1.25. The number of benzene rings is 4. The summed E-state index contributed by atoms with van der Waals surface area (Å²) in [4.78, 5) is 12.8. The number of carbonyl (C=O) groups is 1. The van der Waals surface area contributed by atoms with Gasteiger partial charge in [0, 0.05) is 40.3 Å². The summed E-state index contributed by atoms with van der Waals surface area (Å²) in [7, 11) is 3.26. The van der Waals surface area contributed by atoms with Crippen LogP contribution in [0.2, 0.25) is 0 Å². The van der Waals surface area contributed by atoms with Gasteiger partial charge in [-0.2, -0.15) is 0 Å². The Balaban J connectivity index is 1.50. The van der Waals surface area contributed by atoms with E-state index < -0.39 is 0 Å². The van der Waals surface area contributed by atoms with Crippen molar-refractivity contribution < 1.29 is 18.7 Å². The molecule has 1 N–H and O–H groups in total. The van der Waals surface area contributed by atoms with Crippen LogP contribution >= 0.6 is 0 Å². The Morgan fingerprint density at radius 1 is 0.946 bits per heavy atom. The lowest BCUT2D eigenvalue weighted by Crippen LogP contribution is -2.21. The number of methoxy groups -OCH3 is 2. The van der Waals surface area contributed by atoms with Gasteiger partial charge in [-0.15, -0.1) is 0 Å². The van der Waals surface area contributed by atoms with E-state index >= 15 is 0 Å². The number of amides is 1. The fourth-order valence-electron chi connectivity index (χ4n) is 4.81. The monoisotopic (exact) mass is 491 g/mol. The van der Waals surface area contributed by atoms with Gasteiger partial charge in [-0.1, -0.05) is 54.6 Å². The van der Waals surface area contributed by atoms with Crippen LogP contribution < -0.4 is 14.8 Å². The first-order chi connectivity index (χ1) is 18.0. The van der Waals surface area contributed by atoms with Gasteiger partial charge in [0.2, 0.25) is 5.91 Å². The summed E-state index contributed by atoms with van der Waals surface area (Å²) in [6.45, 7) is 4.27. The van der Waals surface area contributed by atoms with E-state index in [1.54, 1.807) is 26.6 Å². The lowest BCUT2D eigenvalue weighted by molar-refractivity contribution is -0.116. The van der Waals surface area contributed by atoms with Crippen molar-refractivity contribution in [1.82, 2.24) is 5.32 Å². The van der Waals surface area contributed by atoms with Crippen LogP contribution in [0.1, 0.15) is 23.6 Å². The zero-order valence-corrected chi connectivity index (χ0v) is 21.4. The van der Waals surface area contributed by atoms with Gasteiger partial charge in [0.25, 0.3) is 0 Å². The maximum absolute atomic E-state index is 12.8. The number of hydrogen-bond donors (Lipinski definition) is 1. The first-order valence-electron chi connectivity index (χ1n) is 12.2. The Kier molecular flexibility index (Phi) is 6.69. The number of nitrogens with one attached hydrogen (secondary N) is 1. The van der Waals surface area contributed by atoms with Crippen molar-refractivity contribution >= 4 is 33.2 Å². The summed E-state index contributed by atoms with van der Waals surface area (Å²) in [6, 6.07) is 24.4. The molecule has 5 aromatic rings. The fraction of sp³-hybridized carbons (Fsp3) is 0.156. The van der Waals surface area contributed by atoms with Gasteiger partial charge >= 0.3 is 0 Å². The van der Waals surface area contributed by atoms with Crippen LogP contribution in [0.15, 0.2) is 89.6 Å². The minimum Gasteiger partial charge on any atom is -0.496 e. The number of ether oxygens (including phenoxy) is 2. The number of hydrogen-bond acceptors (Lipinski definition) is 4. The molecule has 0 unspecified atom stereocenters. The molecule has 1 amide bonds. The normalized spacial score (nSPS) is 11.6. The molecule has 0 fully saturated rings. The third-order valence-electron chi connectivity index (χ3n) is 6.73. The molecule has 1 aromatic heterocycles. The molecule has 5 rings (SSSR count). The van der Waals surface area contributed by atoms with E-state index in [1.807, 2.05) is 50.2 Å². The summed E-state index contributed by atoms with van der Waals surface area (Å²) in [5.41, 5.74) is 6.30. The van der Waals surface area contributed by atoms with Crippen molar-refractivity contribution in [3.63, 3.8) is 0 Å². The second kappa shape index (κ2) is 10.2. The quantitative estimate of drug-likeness (QED) is 0.243. The van der Waals surface area contributed by atoms with Crippen molar-refractivity contribution in [2.75, 3.05) is 14.2 Å². The summed E-state index contributed by atoms with van der Waals surface area (Å²) >= 11 is 0. The number of furan rings is 1. The van der Waals surface area contributed by atoms with Gasteiger partial charge < -0.3 is 19.2 Å². The highest BCUT2D eigenvalue weighted by molar-refractivity contribution is 6.02. The highest BCUT2D eigenvalue weighted by Crippen LogP contribution is 2.41. The molecule has 5 heteroatoms. The number of allylic oxidation sites excluding steroid dienone is 1. The van der Waals surface area contributed by atoms with Crippen molar-refractivity contribution in [3.8, 4) is 22.6 Å². The van der Waals surface area contributed by atoms with Crippen LogP contribution in [0.25, 0.3) is 38.4 Å². The molecule has 0 aliphatic heterocycles. The average Bonchev–Trinajstić information content (AvgIpc) is 3.36. The maximum atomic E-state index is 12.8. The van der Waals surface area contributed by atoms with Crippen LogP contribution in [0.3, 0.4) is 0 Å². The summed E-state index contributed by atoms with van der Waals surface area (Å²) in [6.07, 6.45) is 3.40.